The summed E-state index contributed by atoms with van der Waals surface area (Å²) in [6, 6.07) is 8.02. The zero-order chi connectivity index (χ0) is 14.4. The summed E-state index contributed by atoms with van der Waals surface area (Å²) in [5, 5.41) is 0. The van der Waals surface area contributed by atoms with E-state index in [9.17, 15) is 4.79 Å². The van der Waals surface area contributed by atoms with E-state index in [0.717, 1.165) is 24.1 Å². The summed E-state index contributed by atoms with van der Waals surface area (Å²) in [6.07, 6.45) is 2.15. The van der Waals surface area contributed by atoms with Crippen molar-refractivity contribution in [2.45, 2.75) is 25.4 Å². The number of hydrogen-bond donors (Lipinski definition) is 1. The molecule has 0 atom stereocenters. The van der Waals surface area contributed by atoms with Crippen LogP contribution in [0.5, 0.6) is 0 Å². The van der Waals surface area contributed by atoms with E-state index in [-0.39, 0.29) is 12.5 Å². The molecule has 2 rings (SSSR count). The molecule has 110 valence electrons. The van der Waals surface area contributed by atoms with Gasteiger partial charge in [-0.3, -0.25) is 4.79 Å². The molecule has 1 aromatic carbocycles. The molecule has 5 nitrogen and oxygen atoms in total. The van der Waals surface area contributed by atoms with E-state index in [1.165, 1.54) is 0 Å². The Kier molecular flexibility index (Phi) is 5.38. The van der Waals surface area contributed by atoms with Crippen LogP contribution in [0.4, 0.5) is 5.69 Å². The summed E-state index contributed by atoms with van der Waals surface area (Å²) in [6.45, 7) is 1.66. The topological polar surface area (TPSA) is 64.8 Å². The zero-order valence-electron chi connectivity index (χ0n) is 11.9. The molecule has 0 saturated heterocycles. The predicted molar refractivity (Wildman–Crippen MR) is 77.1 cm³/mol. The highest BCUT2D eigenvalue weighted by molar-refractivity contribution is 5.78. The van der Waals surface area contributed by atoms with Gasteiger partial charge in [0.05, 0.1) is 13.2 Å². The molecule has 0 bridgehead atoms. The van der Waals surface area contributed by atoms with Crippen molar-refractivity contribution in [3.63, 3.8) is 0 Å². The van der Waals surface area contributed by atoms with Crippen molar-refractivity contribution in [2.24, 2.45) is 0 Å². The van der Waals surface area contributed by atoms with Crippen molar-refractivity contribution in [3.8, 4) is 0 Å². The van der Waals surface area contributed by atoms with Crippen molar-refractivity contribution in [2.75, 3.05) is 32.7 Å². The van der Waals surface area contributed by atoms with Crippen molar-refractivity contribution in [1.29, 1.82) is 0 Å². The van der Waals surface area contributed by atoms with Crippen molar-refractivity contribution >= 4 is 11.6 Å². The van der Waals surface area contributed by atoms with E-state index in [2.05, 4.69) is 0 Å². The smallest absolute Gasteiger partial charge is 0.249 e. The number of nitrogens with zero attached hydrogens (tertiary/aromatic N) is 1. The van der Waals surface area contributed by atoms with Crippen LogP contribution in [0.2, 0.25) is 0 Å². The highest BCUT2D eigenvalue weighted by Gasteiger charge is 2.32. The number of carbonyl (C=O) groups is 1. The van der Waals surface area contributed by atoms with Crippen molar-refractivity contribution in [3.05, 3.63) is 29.8 Å². The van der Waals surface area contributed by atoms with Gasteiger partial charge >= 0.3 is 0 Å². The van der Waals surface area contributed by atoms with Gasteiger partial charge in [-0.1, -0.05) is 12.1 Å². The molecule has 0 radical (unpaired) electrons. The molecular weight excluding hydrogens is 256 g/mol. The number of methoxy groups -OCH3 is 1. The second-order valence-electron chi connectivity index (χ2n) is 5.04. The number of nitrogen functional groups attached to an aromatic ring is 1. The largest absolute Gasteiger partial charge is 0.399 e. The van der Waals surface area contributed by atoms with E-state index >= 15 is 0 Å². The van der Waals surface area contributed by atoms with E-state index in [4.69, 9.17) is 15.2 Å². The average molecular weight is 278 g/mol. The summed E-state index contributed by atoms with van der Waals surface area (Å²) >= 11 is 0. The molecule has 0 aliphatic heterocycles. The van der Waals surface area contributed by atoms with Gasteiger partial charge in [0.2, 0.25) is 5.91 Å². The Morgan fingerprint density at radius 3 is 2.85 bits per heavy atom. The third kappa shape index (κ3) is 4.51. The number of amides is 1. The lowest BCUT2D eigenvalue weighted by Crippen LogP contribution is -2.35. The molecule has 0 unspecified atom stereocenters. The predicted octanol–water partition coefficient (Wildman–Crippen LogP) is 1.42. The van der Waals surface area contributed by atoms with Crippen LogP contribution in [-0.4, -0.2) is 43.8 Å². The molecule has 1 fully saturated rings. The van der Waals surface area contributed by atoms with Crippen molar-refractivity contribution in [1.82, 2.24) is 4.90 Å². The molecule has 0 heterocycles. The van der Waals surface area contributed by atoms with Gasteiger partial charge in [0.15, 0.2) is 0 Å². The Balaban J connectivity index is 1.88. The molecular formula is C15H22N2O3. The minimum absolute atomic E-state index is 0.0334. The number of rotatable bonds is 8. The summed E-state index contributed by atoms with van der Waals surface area (Å²) in [5.74, 6) is 0.0334. The second kappa shape index (κ2) is 7.26. The molecule has 1 saturated carbocycles. The number of ether oxygens (including phenoxy) is 2. The number of benzene rings is 1. The van der Waals surface area contributed by atoms with Gasteiger partial charge < -0.3 is 20.1 Å². The quantitative estimate of drug-likeness (QED) is 0.577. The highest BCUT2D eigenvalue weighted by atomic mass is 16.5. The van der Waals surface area contributed by atoms with Crippen LogP contribution in [0.1, 0.15) is 18.4 Å². The lowest BCUT2D eigenvalue weighted by molar-refractivity contribution is -0.137. The minimum Gasteiger partial charge on any atom is -0.399 e. The first-order chi connectivity index (χ1) is 9.70. The number of nitrogens with two attached hydrogens (primary N) is 1. The summed E-state index contributed by atoms with van der Waals surface area (Å²) in [5.41, 5.74) is 7.56. The van der Waals surface area contributed by atoms with Gasteiger partial charge in [-0.05, 0) is 30.5 Å². The molecule has 0 aromatic heterocycles. The number of anilines is 1. The van der Waals surface area contributed by atoms with Crippen LogP contribution in [0.3, 0.4) is 0 Å². The summed E-state index contributed by atoms with van der Waals surface area (Å²) in [4.78, 5) is 14.1. The molecule has 2 N–H and O–H groups in total. The van der Waals surface area contributed by atoms with Gasteiger partial charge in [0, 0.05) is 25.4 Å². The Hall–Kier alpha value is -1.59. The maximum absolute atomic E-state index is 12.2. The highest BCUT2D eigenvalue weighted by Crippen LogP contribution is 2.28. The first-order valence-electron chi connectivity index (χ1n) is 6.91. The van der Waals surface area contributed by atoms with Gasteiger partial charge in [0.1, 0.15) is 6.61 Å². The lowest BCUT2D eigenvalue weighted by Gasteiger charge is -2.22. The van der Waals surface area contributed by atoms with E-state index < -0.39 is 0 Å². The molecule has 1 aliphatic rings. The van der Waals surface area contributed by atoms with Crippen molar-refractivity contribution < 1.29 is 14.3 Å². The Labute approximate surface area is 119 Å². The number of carbonyl (C=O) groups excluding carboxylic acids is 1. The standard InChI is InChI=1S/C15H22N2O3/c1-19-7-8-20-11-15(18)17(14-5-6-14)10-12-3-2-4-13(16)9-12/h2-4,9,14H,5-8,10-11,16H2,1H3. The van der Waals surface area contributed by atoms with Gasteiger partial charge in [-0.15, -0.1) is 0 Å². The van der Waals surface area contributed by atoms with Crippen LogP contribution in [-0.2, 0) is 20.8 Å². The maximum atomic E-state index is 12.2. The first-order valence-corrected chi connectivity index (χ1v) is 6.91. The SMILES string of the molecule is COCCOCC(=O)N(Cc1cccc(N)c1)C1CC1. The summed E-state index contributed by atoms with van der Waals surface area (Å²) < 4.78 is 10.2. The monoisotopic (exact) mass is 278 g/mol. The fourth-order valence-electron chi connectivity index (χ4n) is 2.08. The number of hydrogen-bond acceptors (Lipinski definition) is 4. The fourth-order valence-corrected chi connectivity index (χ4v) is 2.08. The zero-order valence-corrected chi connectivity index (χ0v) is 11.9. The van der Waals surface area contributed by atoms with E-state index in [1.807, 2.05) is 29.2 Å². The molecule has 20 heavy (non-hydrogen) atoms. The third-order valence-corrected chi connectivity index (χ3v) is 3.27. The van der Waals surface area contributed by atoms with Gasteiger partial charge in [0.25, 0.3) is 0 Å². The first kappa shape index (κ1) is 14.8. The average Bonchev–Trinajstić information content (AvgIpc) is 3.25. The minimum atomic E-state index is 0.0334. The van der Waals surface area contributed by atoms with Crippen LogP contribution in [0.15, 0.2) is 24.3 Å². The molecule has 5 heteroatoms. The third-order valence-electron chi connectivity index (χ3n) is 3.27. The van der Waals surface area contributed by atoms with Crippen LogP contribution >= 0.6 is 0 Å². The van der Waals surface area contributed by atoms with Crippen LogP contribution in [0, 0.1) is 0 Å². The Morgan fingerprint density at radius 2 is 2.20 bits per heavy atom. The second-order valence-corrected chi connectivity index (χ2v) is 5.04. The van der Waals surface area contributed by atoms with Gasteiger partial charge in [-0.2, -0.15) is 0 Å². The Morgan fingerprint density at radius 1 is 1.40 bits per heavy atom. The summed E-state index contributed by atoms with van der Waals surface area (Å²) in [7, 11) is 1.61. The molecule has 1 aromatic rings. The normalized spacial score (nSPS) is 14.2. The lowest BCUT2D eigenvalue weighted by atomic mass is 10.2. The van der Waals surface area contributed by atoms with Crippen LogP contribution < -0.4 is 5.73 Å². The molecule has 1 amide bonds. The van der Waals surface area contributed by atoms with Gasteiger partial charge in [-0.25, -0.2) is 0 Å². The Bertz CT molecular complexity index is 446. The fraction of sp³-hybridized carbons (Fsp3) is 0.533. The van der Waals surface area contributed by atoms with E-state index in [0.29, 0.717) is 25.8 Å². The molecule has 0 spiro atoms. The van der Waals surface area contributed by atoms with Crippen LogP contribution in [0.25, 0.3) is 0 Å². The van der Waals surface area contributed by atoms with E-state index in [1.54, 1.807) is 7.11 Å². The maximum Gasteiger partial charge on any atom is 0.249 e. The molecule has 1 aliphatic carbocycles.